The van der Waals surface area contributed by atoms with E-state index in [4.69, 9.17) is 16.3 Å². The molecule has 1 aromatic carbocycles. The Balaban J connectivity index is 1.90. The second-order valence-corrected chi connectivity index (χ2v) is 4.35. The van der Waals surface area contributed by atoms with Crippen LogP contribution in [-0.4, -0.2) is 18.8 Å². The molecule has 2 nitrogen and oxygen atoms in total. The van der Waals surface area contributed by atoms with Crippen molar-refractivity contribution in [2.24, 2.45) is 0 Å². The summed E-state index contributed by atoms with van der Waals surface area (Å²) in [5.41, 5.74) is 1.15. The molecule has 3 heteroatoms. The molecule has 15 heavy (non-hydrogen) atoms. The van der Waals surface area contributed by atoms with Gasteiger partial charge in [0, 0.05) is 24.2 Å². The van der Waals surface area contributed by atoms with Crippen molar-refractivity contribution in [3.63, 3.8) is 0 Å². The third-order valence-corrected chi connectivity index (χ3v) is 3.26. The molecular weight excluding hydrogens is 210 g/mol. The van der Waals surface area contributed by atoms with Gasteiger partial charge >= 0.3 is 0 Å². The van der Waals surface area contributed by atoms with E-state index in [9.17, 15) is 0 Å². The van der Waals surface area contributed by atoms with Crippen molar-refractivity contribution in [3.05, 3.63) is 34.9 Å². The molecule has 1 heterocycles. The molecule has 0 spiro atoms. The van der Waals surface area contributed by atoms with E-state index in [0.717, 1.165) is 30.2 Å². The Hall–Kier alpha value is -0.570. The van der Waals surface area contributed by atoms with Gasteiger partial charge < -0.3 is 10.1 Å². The Morgan fingerprint density at radius 2 is 2.27 bits per heavy atom. The highest BCUT2D eigenvalue weighted by Crippen LogP contribution is 2.17. The number of hydrogen-bond acceptors (Lipinski definition) is 2. The number of benzene rings is 1. The predicted molar refractivity (Wildman–Crippen MR) is 62.1 cm³/mol. The number of ether oxygens (including phenoxy) is 1. The minimum atomic E-state index is 0.312. The van der Waals surface area contributed by atoms with Crippen LogP contribution in [0.25, 0.3) is 0 Å². The van der Waals surface area contributed by atoms with Crippen molar-refractivity contribution in [1.29, 1.82) is 0 Å². The van der Waals surface area contributed by atoms with Gasteiger partial charge in [0.05, 0.1) is 6.10 Å². The molecule has 0 radical (unpaired) electrons. The summed E-state index contributed by atoms with van der Waals surface area (Å²) in [6, 6.07) is 8.40. The minimum absolute atomic E-state index is 0.312. The molecule has 2 atom stereocenters. The van der Waals surface area contributed by atoms with Gasteiger partial charge in [-0.1, -0.05) is 29.8 Å². The Morgan fingerprint density at radius 3 is 2.93 bits per heavy atom. The zero-order valence-electron chi connectivity index (χ0n) is 8.87. The van der Waals surface area contributed by atoms with Crippen LogP contribution in [0.15, 0.2) is 24.3 Å². The Kier molecular flexibility index (Phi) is 3.62. The van der Waals surface area contributed by atoms with Gasteiger partial charge in [-0.05, 0) is 25.0 Å². The molecule has 1 aliphatic heterocycles. The summed E-state index contributed by atoms with van der Waals surface area (Å²) in [6.45, 7) is 3.79. The van der Waals surface area contributed by atoms with E-state index in [0.29, 0.717) is 12.1 Å². The highest BCUT2D eigenvalue weighted by molar-refractivity contribution is 6.31. The standard InChI is InChI=1S/C12H16ClNO/c1-9-12(6-7-15-9)14-8-10-4-2-3-5-11(10)13/h2-5,9,12,14H,6-8H2,1H3/t9-,12+/m0/s1. The maximum atomic E-state index is 6.07. The molecule has 0 aliphatic carbocycles. The fourth-order valence-electron chi connectivity index (χ4n) is 1.88. The number of hydrogen-bond donors (Lipinski definition) is 1. The number of nitrogens with one attached hydrogen (secondary N) is 1. The first-order valence-corrected chi connectivity index (χ1v) is 5.73. The van der Waals surface area contributed by atoms with E-state index in [1.54, 1.807) is 0 Å². The highest BCUT2D eigenvalue weighted by atomic mass is 35.5. The summed E-state index contributed by atoms with van der Waals surface area (Å²) in [4.78, 5) is 0. The van der Waals surface area contributed by atoms with Crippen LogP contribution in [0.4, 0.5) is 0 Å². The van der Waals surface area contributed by atoms with Crippen LogP contribution in [0.3, 0.4) is 0 Å². The van der Waals surface area contributed by atoms with Gasteiger partial charge in [-0.2, -0.15) is 0 Å². The molecule has 1 fully saturated rings. The van der Waals surface area contributed by atoms with Gasteiger partial charge in [-0.3, -0.25) is 0 Å². The highest BCUT2D eigenvalue weighted by Gasteiger charge is 2.23. The third-order valence-electron chi connectivity index (χ3n) is 2.89. The van der Waals surface area contributed by atoms with Crippen LogP contribution in [0.1, 0.15) is 18.9 Å². The molecule has 2 rings (SSSR count). The summed E-state index contributed by atoms with van der Waals surface area (Å²) < 4.78 is 5.49. The van der Waals surface area contributed by atoms with E-state index >= 15 is 0 Å². The summed E-state index contributed by atoms with van der Waals surface area (Å²) >= 11 is 6.07. The Bertz CT molecular complexity index is 329. The maximum Gasteiger partial charge on any atom is 0.0700 e. The monoisotopic (exact) mass is 225 g/mol. The van der Waals surface area contributed by atoms with Crippen LogP contribution >= 0.6 is 11.6 Å². The van der Waals surface area contributed by atoms with E-state index in [1.165, 1.54) is 0 Å². The largest absolute Gasteiger partial charge is 0.377 e. The SMILES string of the molecule is C[C@@H]1OCC[C@H]1NCc1ccccc1Cl. The first-order chi connectivity index (χ1) is 7.27. The van der Waals surface area contributed by atoms with Crippen LogP contribution in [-0.2, 0) is 11.3 Å². The number of rotatable bonds is 3. The van der Waals surface area contributed by atoms with Gasteiger partial charge in [0.15, 0.2) is 0 Å². The fraction of sp³-hybridized carbons (Fsp3) is 0.500. The predicted octanol–water partition coefficient (Wildman–Crippen LogP) is 2.61. The van der Waals surface area contributed by atoms with Crippen molar-refractivity contribution in [1.82, 2.24) is 5.32 Å². The topological polar surface area (TPSA) is 21.3 Å². The lowest BCUT2D eigenvalue weighted by molar-refractivity contribution is 0.113. The molecule has 1 aromatic rings. The van der Waals surface area contributed by atoms with E-state index < -0.39 is 0 Å². The first kappa shape index (κ1) is 10.9. The van der Waals surface area contributed by atoms with E-state index in [2.05, 4.69) is 18.3 Å². The van der Waals surface area contributed by atoms with Crippen LogP contribution in [0.5, 0.6) is 0 Å². The van der Waals surface area contributed by atoms with Gasteiger partial charge in [-0.25, -0.2) is 0 Å². The van der Waals surface area contributed by atoms with Gasteiger partial charge in [0.1, 0.15) is 0 Å². The lowest BCUT2D eigenvalue weighted by atomic mass is 10.1. The van der Waals surface area contributed by atoms with Crippen molar-refractivity contribution in [2.75, 3.05) is 6.61 Å². The smallest absolute Gasteiger partial charge is 0.0700 e. The summed E-state index contributed by atoms with van der Waals surface area (Å²) in [5.74, 6) is 0. The van der Waals surface area contributed by atoms with E-state index in [1.807, 2.05) is 18.2 Å². The molecule has 0 bridgehead atoms. The van der Waals surface area contributed by atoms with E-state index in [-0.39, 0.29) is 0 Å². The third kappa shape index (κ3) is 2.71. The zero-order valence-corrected chi connectivity index (χ0v) is 9.63. The molecule has 1 saturated heterocycles. The lowest BCUT2D eigenvalue weighted by Gasteiger charge is -2.16. The second kappa shape index (κ2) is 4.97. The summed E-state index contributed by atoms with van der Waals surface area (Å²) in [7, 11) is 0. The lowest BCUT2D eigenvalue weighted by Crippen LogP contribution is -2.34. The quantitative estimate of drug-likeness (QED) is 0.854. The zero-order chi connectivity index (χ0) is 10.7. The summed E-state index contributed by atoms with van der Waals surface area (Å²) in [6.07, 6.45) is 1.40. The van der Waals surface area contributed by atoms with Crippen molar-refractivity contribution < 1.29 is 4.74 Å². The Labute approximate surface area is 95.6 Å². The van der Waals surface area contributed by atoms with Gasteiger partial charge in [0.25, 0.3) is 0 Å². The summed E-state index contributed by atoms with van der Waals surface area (Å²) in [5, 5.41) is 4.31. The minimum Gasteiger partial charge on any atom is -0.377 e. The maximum absolute atomic E-state index is 6.07. The van der Waals surface area contributed by atoms with Gasteiger partial charge in [0.2, 0.25) is 0 Å². The molecule has 82 valence electrons. The van der Waals surface area contributed by atoms with Crippen molar-refractivity contribution in [3.8, 4) is 0 Å². The fourth-order valence-corrected chi connectivity index (χ4v) is 2.09. The average molecular weight is 226 g/mol. The molecule has 0 aromatic heterocycles. The van der Waals surface area contributed by atoms with Crippen molar-refractivity contribution >= 4 is 11.6 Å². The molecular formula is C12H16ClNO. The van der Waals surface area contributed by atoms with Crippen LogP contribution in [0.2, 0.25) is 5.02 Å². The Morgan fingerprint density at radius 1 is 1.47 bits per heavy atom. The normalized spacial score (nSPS) is 25.7. The molecule has 0 saturated carbocycles. The van der Waals surface area contributed by atoms with Gasteiger partial charge in [-0.15, -0.1) is 0 Å². The van der Waals surface area contributed by atoms with Crippen LogP contribution in [0, 0.1) is 0 Å². The second-order valence-electron chi connectivity index (χ2n) is 3.94. The molecule has 1 aliphatic rings. The van der Waals surface area contributed by atoms with Crippen molar-refractivity contribution in [2.45, 2.75) is 32.0 Å². The molecule has 0 unspecified atom stereocenters. The first-order valence-electron chi connectivity index (χ1n) is 5.36. The number of halogens is 1. The molecule has 1 N–H and O–H groups in total. The van der Waals surface area contributed by atoms with Crippen LogP contribution < -0.4 is 5.32 Å². The molecule has 0 amide bonds. The average Bonchev–Trinajstić information content (AvgIpc) is 2.63.